The Balaban J connectivity index is 2.33. The van der Waals surface area contributed by atoms with Crippen molar-refractivity contribution in [2.24, 2.45) is 5.92 Å². The third-order valence-electron chi connectivity index (χ3n) is 2.83. The Morgan fingerprint density at radius 2 is 2.15 bits per heavy atom. The minimum atomic E-state index is -1.50. The Bertz CT molecular complexity index is 274. The first-order valence-corrected chi connectivity index (χ1v) is 4.11. The van der Waals surface area contributed by atoms with Crippen molar-refractivity contribution in [2.75, 3.05) is 6.61 Å². The van der Waals surface area contributed by atoms with Gasteiger partial charge >= 0.3 is 0 Å². The first-order valence-electron chi connectivity index (χ1n) is 4.11. The zero-order chi connectivity index (χ0) is 9.80. The average Bonchev–Trinajstić information content (AvgIpc) is 2.64. The first kappa shape index (κ1) is 8.80. The molecule has 4 N–H and O–H groups in total. The summed E-state index contributed by atoms with van der Waals surface area (Å²) >= 11 is 0. The van der Waals surface area contributed by atoms with Gasteiger partial charge in [-0.1, -0.05) is 0 Å². The minimum absolute atomic E-state index is 0.125. The lowest BCUT2D eigenvalue weighted by Crippen LogP contribution is -2.40. The highest BCUT2D eigenvalue weighted by molar-refractivity contribution is 5.32. The van der Waals surface area contributed by atoms with Crippen molar-refractivity contribution < 1.29 is 25.2 Å². The third kappa shape index (κ3) is 0.864. The van der Waals surface area contributed by atoms with Crippen molar-refractivity contribution in [1.82, 2.24) is 0 Å². The van der Waals surface area contributed by atoms with Gasteiger partial charge in [0.2, 0.25) is 0 Å². The van der Waals surface area contributed by atoms with Gasteiger partial charge in [-0.2, -0.15) is 0 Å². The van der Waals surface area contributed by atoms with E-state index >= 15 is 0 Å². The summed E-state index contributed by atoms with van der Waals surface area (Å²) in [5, 5.41) is 37.3. The largest absolute Gasteiger partial charge is 0.508 e. The number of ether oxygens (including phenoxy) is 1. The van der Waals surface area contributed by atoms with Crippen LogP contribution in [0.25, 0.3) is 0 Å². The van der Waals surface area contributed by atoms with E-state index in [-0.39, 0.29) is 18.1 Å². The maximum Gasteiger partial charge on any atom is 0.153 e. The van der Waals surface area contributed by atoms with Crippen LogP contribution in [0.1, 0.15) is 6.92 Å². The van der Waals surface area contributed by atoms with Crippen molar-refractivity contribution in [2.45, 2.75) is 24.7 Å². The lowest BCUT2D eigenvalue weighted by Gasteiger charge is -2.27. The van der Waals surface area contributed by atoms with Gasteiger partial charge in [0.15, 0.2) is 6.10 Å². The van der Waals surface area contributed by atoms with Crippen molar-refractivity contribution in [3.8, 4) is 0 Å². The van der Waals surface area contributed by atoms with Crippen LogP contribution in [0.3, 0.4) is 0 Å². The molecule has 1 aliphatic carbocycles. The second kappa shape index (κ2) is 2.37. The molecule has 1 heterocycles. The monoisotopic (exact) mass is 188 g/mol. The summed E-state index contributed by atoms with van der Waals surface area (Å²) in [5.41, 5.74) is -1.50. The molecule has 0 bridgehead atoms. The summed E-state index contributed by atoms with van der Waals surface area (Å²) in [6.45, 7) is 1.15. The second-order valence-electron chi connectivity index (χ2n) is 3.54. The summed E-state index contributed by atoms with van der Waals surface area (Å²) in [4.78, 5) is 0. The molecule has 13 heavy (non-hydrogen) atoms. The molecule has 4 atom stereocenters. The van der Waals surface area contributed by atoms with Gasteiger partial charge in [-0.15, -0.1) is 0 Å². The molecule has 2 rings (SSSR count). The Hall–Kier alpha value is -0.780. The van der Waals surface area contributed by atoms with Gasteiger partial charge in [-0.05, 0) is 6.92 Å². The van der Waals surface area contributed by atoms with Crippen molar-refractivity contribution in [1.29, 1.82) is 0 Å². The maximum absolute atomic E-state index is 9.74. The van der Waals surface area contributed by atoms with Crippen molar-refractivity contribution in [3.05, 3.63) is 11.5 Å². The molecule has 2 aliphatic rings. The molecule has 0 saturated heterocycles. The molecule has 74 valence electrons. The molecule has 0 aromatic carbocycles. The number of aliphatic hydroxyl groups is 4. The molecule has 0 radical (unpaired) electrons. The Morgan fingerprint density at radius 3 is 2.69 bits per heavy atom. The first-order chi connectivity index (χ1) is 6.03. The summed E-state index contributed by atoms with van der Waals surface area (Å²) in [7, 11) is 0. The molecule has 0 aromatic heterocycles. The maximum atomic E-state index is 9.74. The van der Waals surface area contributed by atoms with Gasteiger partial charge < -0.3 is 25.2 Å². The van der Waals surface area contributed by atoms with Crippen LogP contribution in [0.2, 0.25) is 0 Å². The minimum Gasteiger partial charge on any atom is -0.508 e. The van der Waals surface area contributed by atoms with Gasteiger partial charge in [0, 0.05) is 0 Å². The molecule has 1 aliphatic heterocycles. The van der Waals surface area contributed by atoms with E-state index in [0.717, 1.165) is 0 Å². The van der Waals surface area contributed by atoms with Gasteiger partial charge in [-0.3, -0.25) is 0 Å². The smallest absolute Gasteiger partial charge is 0.153 e. The molecule has 5 heteroatoms. The number of fused-ring (bicyclic) bond motifs is 1. The molecule has 1 saturated carbocycles. The zero-order valence-electron chi connectivity index (χ0n) is 7.14. The van der Waals surface area contributed by atoms with Gasteiger partial charge in [0.25, 0.3) is 0 Å². The zero-order valence-corrected chi connectivity index (χ0v) is 7.14. The molecule has 1 fully saturated rings. The van der Waals surface area contributed by atoms with Gasteiger partial charge in [0.1, 0.15) is 23.2 Å². The van der Waals surface area contributed by atoms with Crippen LogP contribution < -0.4 is 0 Å². The lowest BCUT2D eigenvalue weighted by atomic mass is 10.1. The number of hydrogen-bond acceptors (Lipinski definition) is 5. The third-order valence-corrected chi connectivity index (χ3v) is 2.83. The highest BCUT2D eigenvalue weighted by Crippen LogP contribution is 2.54. The fraction of sp³-hybridized carbons (Fsp3) is 0.750. The van der Waals surface area contributed by atoms with Crippen LogP contribution >= 0.6 is 0 Å². The van der Waals surface area contributed by atoms with Crippen LogP contribution in [-0.2, 0) is 4.74 Å². The highest BCUT2D eigenvalue weighted by Gasteiger charge is 2.73. The second-order valence-corrected chi connectivity index (χ2v) is 3.54. The fourth-order valence-corrected chi connectivity index (χ4v) is 1.91. The van der Waals surface area contributed by atoms with E-state index in [1.54, 1.807) is 0 Å². The predicted octanol–water partition coefficient (Wildman–Crippen LogP) is -1.11. The van der Waals surface area contributed by atoms with Crippen LogP contribution in [0.5, 0.6) is 0 Å². The summed E-state index contributed by atoms with van der Waals surface area (Å²) in [6, 6.07) is 0. The van der Waals surface area contributed by atoms with E-state index < -0.39 is 23.7 Å². The Morgan fingerprint density at radius 1 is 1.54 bits per heavy atom. The molecular formula is C8H12O5. The van der Waals surface area contributed by atoms with E-state index in [1.807, 2.05) is 0 Å². The van der Waals surface area contributed by atoms with E-state index in [0.29, 0.717) is 0 Å². The van der Waals surface area contributed by atoms with Crippen LogP contribution in [0.15, 0.2) is 11.5 Å². The summed E-state index contributed by atoms with van der Waals surface area (Å²) < 4.78 is 5.04. The molecule has 0 aromatic rings. The summed E-state index contributed by atoms with van der Waals surface area (Å²) in [5.74, 6) is -0.566. The van der Waals surface area contributed by atoms with Crippen molar-refractivity contribution >= 4 is 0 Å². The number of allylic oxidation sites excluding steroid dienone is 1. The van der Waals surface area contributed by atoms with E-state index in [9.17, 15) is 15.3 Å². The molecule has 0 spiro atoms. The number of aliphatic hydroxyl groups excluding tert-OH is 3. The van der Waals surface area contributed by atoms with Gasteiger partial charge in [0.05, 0.1) is 12.5 Å². The average molecular weight is 188 g/mol. The number of rotatable bonds is 1. The van der Waals surface area contributed by atoms with Crippen LogP contribution in [0, 0.1) is 5.92 Å². The Kier molecular flexibility index (Phi) is 1.61. The van der Waals surface area contributed by atoms with Crippen LogP contribution in [-0.4, -0.2) is 44.8 Å². The predicted molar refractivity (Wildman–Crippen MR) is 41.7 cm³/mol. The topological polar surface area (TPSA) is 90.2 Å². The summed E-state index contributed by atoms with van der Waals surface area (Å²) in [6.07, 6.45) is -1.88. The van der Waals surface area contributed by atoms with E-state index in [4.69, 9.17) is 9.84 Å². The molecule has 5 nitrogen and oxygen atoms in total. The normalized spacial score (nSPS) is 48.5. The lowest BCUT2D eigenvalue weighted by molar-refractivity contribution is -0.0852. The van der Waals surface area contributed by atoms with Crippen LogP contribution in [0.4, 0.5) is 0 Å². The molecule has 0 amide bonds. The van der Waals surface area contributed by atoms with E-state index in [2.05, 4.69) is 0 Å². The molecule has 3 unspecified atom stereocenters. The SMILES string of the molecule is CC1=C(O)C2C(O)[C@]2(O)C(CO)O1. The highest BCUT2D eigenvalue weighted by atomic mass is 16.5. The quantitative estimate of drug-likeness (QED) is 0.419. The molecular weight excluding hydrogens is 176 g/mol. The van der Waals surface area contributed by atoms with Crippen molar-refractivity contribution in [3.63, 3.8) is 0 Å². The Labute approximate surface area is 74.9 Å². The van der Waals surface area contributed by atoms with E-state index in [1.165, 1.54) is 6.92 Å². The standard InChI is InChI=1S/C8H12O5/c1-3-6(10)5-7(11)8(5,12)4(2-9)13-3/h4-5,7,9-12H,2H2,1H3/t4?,5?,7?,8-/m0/s1. The fourth-order valence-electron chi connectivity index (χ4n) is 1.91. The van der Waals surface area contributed by atoms with Gasteiger partial charge in [-0.25, -0.2) is 0 Å². The number of hydrogen-bond donors (Lipinski definition) is 4.